The number of carbonyl (C=O) groups is 1. The molecule has 1 fully saturated rings. The van der Waals surface area contributed by atoms with Gasteiger partial charge in [-0.15, -0.1) is 0 Å². The summed E-state index contributed by atoms with van der Waals surface area (Å²) in [5.74, 6) is 0.392. The largest absolute Gasteiger partial charge is 0.463 e. The van der Waals surface area contributed by atoms with E-state index in [1.54, 1.807) is 6.08 Å². The van der Waals surface area contributed by atoms with Crippen LogP contribution >= 0.6 is 0 Å². The molecular formula is C21H24O3. The lowest BCUT2D eigenvalue weighted by atomic mass is 9.69. The van der Waals surface area contributed by atoms with Crippen LogP contribution in [0.15, 0.2) is 66.3 Å². The summed E-state index contributed by atoms with van der Waals surface area (Å²) in [5, 5.41) is 0. The summed E-state index contributed by atoms with van der Waals surface area (Å²) in [6, 6.07) is 10.3. The highest BCUT2D eigenvalue weighted by atomic mass is 16.5. The van der Waals surface area contributed by atoms with Crippen LogP contribution in [0.5, 0.6) is 0 Å². The first-order valence-corrected chi connectivity index (χ1v) is 8.66. The number of ether oxygens (including phenoxy) is 2. The van der Waals surface area contributed by atoms with Crippen LogP contribution in [0.25, 0.3) is 0 Å². The number of rotatable bonds is 6. The van der Waals surface area contributed by atoms with Gasteiger partial charge in [-0.1, -0.05) is 54.6 Å². The Bertz CT molecular complexity index is 642. The van der Waals surface area contributed by atoms with Crippen molar-refractivity contribution >= 4 is 5.97 Å². The molecule has 24 heavy (non-hydrogen) atoms. The number of hydrogen-bond donors (Lipinski definition) is 0. The summed E-state index contributed by atoms with van der Waals surface area (Å²) in [4.78, 5) is 11.8. The van der Waals surface area contributed by atoms with Crippen LogP contribution in [0.1, 0.15) is 25.3 Å². The first-order chi connectivity index (χ1) is 11.8. The van der Waals surface area contributed by atoms with E-state index in [0.29, 0.717) is 19.1 Å². The molecule has 0 aliphatic heterocycles. The van der Waals surface area contributed by atoms with Crippen molar-refractivity contribution < 1.29 is 14.3 Å². The van der Waals surface area contributed by atoms with Gasteiger partial charge >= 0.3 is 5.97 Å². The van der Waals surface area contributed by atoms with E-state index in [4.69, 9.17) is 9.47 Å². The molecule has 1 aromatic carbocycles. The summed E-state index contributed by atoms with van der Waals surface area (Å²) in [6.45, 7) is 2.87. The van der Waals surface area contributed by atoms with Crippen molar-refractivity contribution in [2.45, 2.75) is 32.5 Å². The molecule has 0 heterocycles. The normalized spacial score (nSPS) is 27.0. The average molecular weight is 324 g/mol. The maximum atomic E-state index is 11.8. The molecule has 1 aromatic rings. The third-order valence-electron chi connectivity index (χ3n) is 4.70. The molecule has 0 N–H and O–H groups in total. The predicted molar refractivity (Wildman–Crippen MR) is 94.2 cm³/mol. The van der Waals surface area contributed by atoms with Crippen molar-refractivity contribution in [1.82, 2.24) is 0 Å². The molecule has 0 radical (unpaired) electrons. The fourth-order valence-corrected chi connectivity index (χ4v) is 3.32. The Morgan fingerprint density at radius 2 is 2.04 bits per heavy atom. The maximum absolute atomic E-state index is 11.8. The Balaban J connectivity index is 1.62. The lowest BCUT2D eigenvalue weighted by molar-refractivity contribution is -0.137. The third kappa shape index (κ3) is 4.04. The van der Waals surface area contributed by atoms with Gasteiger partial charge in [0.15, 0.2) is 0 Å². The average Bonchev–Trinajstić information content (AvgIpc) is 2.57. The van der Waals surface area contributed by atoms with Crippen LogP contribution in [-0.4, -0.2) is 18.7 Å². The van der Waals surface area contributed by atoms with Crippen LogP contribution in [-0.2, 0) is 20.9 Å². The zero-order valence-corrected chi connectivity index (χ0v) is 14.1. The fraction of sp³-hybridized carbons (Fsp3) is 0.381. The Morgan fingerprint density at radius 3 is 2.75 bits per heavy atom. The second-order valence-corrected chi connectivity index (χ2v) is 6.24. The quantitative estimate of drug-likeness (QED) is 0.581. The second kappa shape index (κ2) is 8.11. The molecule has 0 saturated heterocycles. The first kappa shape index (κ1) is 16.7. The molecule has 3 heteroatoms. The fourth-order valence-electron chi connectivity index (χ4n) is 3.32. The zero-order chi connectivity index (χ0) is 16.8. The molecule has 0 bridgehead atoms. The third-order valence-corrected chi connectivity index (χ3v) is 4.70. The van der Waals surface area contributed by atoms with Crippen LogP contribution in [0.4, 0.5) is 0 Å². The minimum Gasteiger partial charge on any atom is -0.463 e. The highest BCUT2D eigenvalue weighted by Gasteiger charge is 2.38. The molecule has 1 saturated carbocycles. The molecule has 3 unspecified atom stereocenters. The summed E-state index contributed by atoms with van der Waals surface area (Å²) in [6.07, 6.45) is 12.3. The molecule has 2 aliphatic carbocycles. The van der Waals surface area contributed by atoms with Gasteiger partial charge < -0.3 is 9.47 Å². The topological polar surface area (TPSA) is 35.5 Å². The SMILES string of the molecule is CCOC(=O)/C=C1/C=CC=CC1C1CCC1OCc1ccccc1. The van der Waals surface area contributed by atoms with Crippen LogP contribution in [0.2, 0.25) is 0 Å². The van der Waals surface area contributed by atoms with Crippen LogP contribution < -0.4 is 0 Å². The van der Waals surface area contributed by atoms with Gasteiger partial charge in [0.2, 0.25) is 0 Å². The van der Waals surface area contributed by atoms with Crippen molar-refractivity contribution in [3.05, 3.63) is 71.8 Å². The first-order valence-electron chi connectivity index (χ1n) is 8.66. The highest BCUT2D eigenvalue weighted by molar-refractivity contribution is 5.83. The monoisotopic (exact) mass is 324 g/mol. The zero-order valence-electron chi connectivity index (χ0n) is 14.1. The van der Waals surface area contributed by atoms with E-state index in [-0.39, 0.29) is 18.0 Å². The summed E-state index contributed by atoms with van der Waals surface area (Å²) in [7, 11) is 0. The van der Waals surface area contributed by atoms with Gasteiger partial charge in [-0.2, -0.15) is 0 Å². The maximum Gasteiger partial charge on any atom is 0.331 e. The minimum absolute atomic E-state index is 0.230. The number of allylic oxidation sites excluding steroid dienone is 5. The highest BCUT2D eigenvalue weighted by Crippen LogP contribution is 2.42. The standard InChI is InChI=1S/C21H24O3/c1-2-23-21(22)14-17-10-6-7-11-18(17)19-12-13-20(19)24-15-16-8-4-3-5-9-16/h3-11,14,18-20H,2,12-13,15H2,1H3/b17-14-. The summed E-state index contributed by atoms with van der Waals surface area (Å²) < 4.78 is 11.2. The van der Waals surface area contributed by atoms with Gasteiger partial charge in [0.05, 0.1) is 19.3 Å². The van der Waals surface area contributed by atoms with E-state index in [0.717, 1.165) is 18.4 Å². The molecule has 0 amide bonds. The lowest BCUT2D eigenvalue weighted by Gasteiger charge is -2.41. The summed E-state index contributed by atoms with van der Waals surface area (Å²) in [5.41, 5.74) is 2.22. The number of esters is 1. The number of hydrogen-bond acceptors (Lipinski definition) is 3. The summed E-state index contributed by atoms with van der Waals surface area (Å²) >= 11 is 0. The second-order valence-electron chi connectivity index (χ2n) is 6.24. The van der Waals surface area contributed by atoms with Crippen molar-refractivity contribution in [1.29, 1.82) is 0 Å². The van der Waals surface area contributed by atoms with Crippen molar-refractivity contribution in [3.63, 3.8) is 0 Å². The van der Waals surface area contributed by atoms with Gasteiger partial charge in [0.1, 0.15) is 0 Å². The van der Waals surface area contributed by atoms with E-state index in [1.807, 2.05) is 37.3 Å². The van der Waals surface area contributed by atoms with Gasteiger partial charge in [-0.05, 0) is 36.8 Å². The Hall–Kier alpha value is -2.13. The van der Waals surface area contributed by atoms with Crippen LogP contribution in [0, 0.1) is 11.8 Å². The van der Waals surface area contributed by atoms with E-state index in [2.05, 4.69) is 24.3 Å². The number of benzene rings is 1. The molecule has 126 valence electrons. The van der Waals surface area contributed by atoms with Gasteiger partial charge in [-0.25, -0.2) is 4.79 Å². The van der Waals surface area contributed by atoms with Crippen molar-refractivity contribution in [2.24, 2.45) is 11.8 Å². The molecular weight excluding hydrogens is 300 g/mol. The Labute approximate surface area is 143 Å². The molecule has 3 atom stereocenters. The van der Waals surface area contributed by atoms with Crippen molar-refractivity contribution in [3.8, 4) is 0 Å². The molecule has 0 aromatic heterocycles. The molecule has 3 rings (SSSR count). The molecule has 3 nitrogen and oxygen atoms in total. The van der Waals surface area contributed by atoms with E-state index in [9.17, 15) is 4.79 Å². The number of carbonyl (C=O) groups excluding carboxylic acids is 1. The van der Waals surface area contributed by atoms with E-state index in [1.165, 1.54) is 5.56 Å². The predicted octanol–water partition coefficient (Wildman–Crippen LogP) is 4.21. The minimum atomic E-state index is -0.265. The smallest absolute Gasteiger partial charge is 0.331 e. The van der Waals surface area contributed by atoms with E-state index < -0.39 is 0 Å². The van der Waals surface area contributed by atoms with Crippen molar-refractivity contribution in [2.75, 3.05) is 6.61 Å². The van der Waals surface area contributed by atoms with E-state index >= 15 is 0 Å². The molecule has 0 spiro atoms. The Kier molecular flexibility index (Phi) is 5.65. The lowest BCUT2D eigenvalue weighted by Crippen LogP contribution is -2.39. The van der Waals surface area contributed by atoms with Gasteiger partial charge in [0.25, 0.3) is 0 Å². The van der Waals surface area contributed by atoms with Gasteiger partial charge in [-0.3, -0.25) is 0 Å². The molecule has 2 aliphatic rings. The van der Waals surface area contributed by atoms with Crippen LogP contribution in [0.3, 0.4) is 0 Å². The Morgan fingerprint density at radius 1 is 1.21 bits per heavy atom. The van der Waals surface area contributed by atoms with Gasteiger partial charge in [0, 0.05) is 12.0 Å².